The van der Waals surface area contributed by atoms with Gasteiger partial charge < -0.3 is 5.11 Å². The summed E-state index contributed by atoms with van der Waals surface area (Å²) < 4.78 is 0. The van der Waals surface area contributed by atoms with Crippen LogP contribution >= 0.6 is 0 Å². The summed E-state index contributed by atoms with van der Waals surface area (Å²) in [6, 6.07) is 9.38. The first-order valence-electron chi connectivity index (χ1n) is 4.36. The molecule has 0 saturated carbocycles. The van der Waals surface area contributed by atoms with Crippen LogP contribution in [0, 0.1) is 0 Å². The maximum absolute atomic E-state index is 10.8. The average Bonchev–Trinajstić information content (AvgIpc) is 2.56. The Bertz CT molecular complexity index is 525. The molecule has 0 aliphatic rings. The number of benzene rings is 1. The van der Waals surface area contributed by atoms with Crippen molar-refractivity contribution in [2.24, 2.45) is 4.99 Å². The van der Waals surface area contributed by atoms with E-state index in [2.05, 4.69) is 15.0 Å². The Kier molecular flexibility index (Phi) is 2.37. The molecule has 1 aromatic heterocycles. The number of nitrogens with one attached hydrogen (secondary N) is 2. The number of hydrogen-bond donors (Lipinski definition) is 3. The van der Waals surface area contributed by atoms with Gasteiger partial charge in [0.25, 0.3) is 0 Å². The number of aromatic nitrogens is 2. The lowest BCUT2D eigenvalue weighted by molar-refractivity contribution is 0.457. The third kappa shape index (κ3) is 2.14. The van der Waals surface area contributed by atoms with Gasteiger partial charge in [0.15, 0.2) is 5.82 Å². The second-order valence-electron chi connectivity index (χ2n) is 2.95. The fourth-order valence-corrected chi connectivity index (χ4v) is 1.14. The van der Waals surface area contributed by atoms with Gasteiger partial charge >= 0.3 is 5.69 Å². The minimum absolute atomic E-state index is 0.129. The van der Waals surface area contributed by atoms with Crippen LogP contribution in [0.3, 0.4) is 0 Å². The second kappa shape index (κ2) is 3.83. The highest BCUT2D eigenvalue weighted by Crippen LogP contribution is 2.17. The average molecular weight is 203 g/mol. The zero-order chi connectivity index (χ0) is 10.7. The smallest absolute Gasteiger partial charge is 0.327 e. The lowest BCUT2D eigenvalue weighted by Crippen LogP contribution is -1.99. The molecule has 0 atom stereocenters. The second-order valence-corrected chi connectivity index (χ2v) is 2.95. The Balaban J connectivity index is 2.26. The number of rotatable bonds is 2. The summed E-state index contributed by atoms with van der Waals surface area (Å²) in [5, 5.41) is 9.21. The Labute approximate surface area is 85.1 Å². The van der Waals surface area contributed by atoms with E-state index in [0.717, 1.165) is 5.56 Å². The zero-order valence-electron chi connectivity index (χ0n) is 7.77. The quantitative estimate of drug-likeness (QED) is 0.640. The van der Waals surface area contributed by atoms with Crippen molar-refractivity contribution in [3.63, 3.8) is 0 Å². The van der Waals surface area contributed by atoms with Gasteiger partial charge in [0, 0.05) is 6.21 Å². The number of aromatic hydroxyl groups is 1. The van der Waals surface area contributed by atoms with E-state index in [1.165, 1.54) is 0 Å². The third-order valence-corrected chi connectivity index (χ3v) is 1.83. The van der Waals surface area contributed by atoms with Gasteiger partial charge in [-0.2, -0.15) is 0 Å². The molecule has 76 valence electrons. The van der Waals surface area contributed by atoms with E-state index in [4.69, 9.17) is 0 Å². The van der Waals surface area contributed by atoms with Gasteiger partial charge in [0.2, 0.25) is 5.88 Å². The van der Waals surface area contributed by atoms with Crippen molar-refractivity contribution in [1.29, 1.82) is 0 Å². The fraction of sp³-hybridized carbons (Fsp3) is 0. The molecule has 0 amide bonds. The molecule has 3 N–H and O–H groups in total. The Morgan fingerprint density at radius 1 is 1.20 bits per heavy atom. The maximum atomic E-state index is 10.8. The normalized spacial score (nSPS) is 10.9. The summed E-state index contributed by atoms with van der Waals surface area (Å²) in [7, 11) is 0. The van der Waals surface area contributed by atoms with E-state index >= 15 is 0 Å². The molecule has 0 bridgehead atoms. The highest BCUT2D eigenvalue weighted by atomic mass is 16.3. The fourth-order valence-electron chi connectivity index (χ4n) is 1.14. The number of imidazole rings is 1. The molecule has 0 unspecified atom stereocenters. The highest BCUT2D eigenvalue weighted by molar-refractivity contribution is 5.81. The van der Waals surface area contributed by atoms with Gasteiger partial charge in [-0.1, -0.05) is 30.3 Å². The molecular weight excluding hydrogens is 194 g/mol. The van der Waals surface area contributed by atoms with Crippen LogP contribution in [0.1, 0.15) is 5.56 Å². The van der Waals surface area contributed by atoms with Gasteiger partial charge in [0.05, 0.1) is 0 Å². The lowest BCUT2D eigenvalue weighted by Gasteiger charge is -1.90. The van der Waals surface area contributed by atoms with E-state index in [0.29, 0.717) is 0 Å². The maximum Gasteiger partial charge on any atom is 0.327 e. The Morgan fingerprint density at radius 2 is 1.93 bits per heavy atom. The van der Waals surface area contributed by atoms with E-state index in [1.54, 1.807) is 6.21 Å². The van der Waals surface area contributed by atoms with Crippen molar-refractivity contribution in [3.8, 4) is 5.88 Å². The van der Waals surface area contributed by atoms with Gasteiger partial charge in [-0.05, 0) is 5.56 Å². The minimum atomic E-state index is -0.479. The summed E-state index contributed by atoms with van der Waals surface area (Å²) in [5.41, 5.74) is 0.409. The van der Waals surface area contributed by atoms with Crippen LogP contribution in [-0.4, -0.2) is 21.3 Å². The largest absolute Gasteiger partial charge is 0.492 e. The van der Waals surface area contributed by atoms with Crippen LogP contribution in [0.2, 0.25) is 0 Å². The monoisotopic (exact) mass is 203 g/mol. The van der Waals surface area contributed by atoms with Crippen molar-refractivity contribution in [2.45, 2.75) is 0 Å². The topological polar surface area (TPSA) is 81.2 Å². The Hall–Kier alpha value is -2.30. The molecule has 2 aromatic rings. The predicted molar refractivity (Wildman–Crippen MR) is 56.8 cm³/mol. The first-order chi connectivity index (χ1) is 7.25. The van der Waals surface area contributed by atoms with Gasteiger partial charge in [0.1, 0.15) is 0 Å². The van der Waals surface area contributed by atoms with Crippen molar-refractivity contribution in [3.05, 3.63) is 46.4 Å². The van der Waals surface area contributed by atoms with Crippen molar-refractivity contribution in [2.75, 3.05) is 0 Å². The first kappa shape index (κ1) is 9.26. The van der Waals surface area contributed by atoms with Gasteiger partial charge in [-0.3, -0.25) is 9.97 Å². The van der Waals surface area contributed by atoms with Crippen molar-refractivity contribution < 1.29 is 5.11 Å². The van der Waals surface area contributed by atoms with Crippen LogP contribution in [-0.2, 0) is 0 Å². The van der Waals surface area contributed by atoms with Crippen LogP contribution in [0.25, 0.3) is 0 Å². The summed E-state index contributed by atoms with van der Waals surface area (Å²) in [6.07, 6.45) is 1.55. The molecular formula is C10H9N3O2. The molecule has 1 aromatic carbocycles. The summed E-state index contributed by atoms with van der Waals surface area (Å²) in [4.78, 5) is 19.2. The van der Waals surface area contributed by atoms with E-state index < -0.39 is 5.69 Å². The summed E-state index contributed by atoms with van der Waals surface area (Å²) in [5.74, 6) is -0.129. The van der Waals surface area contributed by atoms with Crippen molar-refractivity contribution >= 4 is 12.0 Å². The van der Waals surface area contributed by atoms with Crippen LogP contribution in [0.15, 0.2) is 40.1 Å². The van der Waals surface area contributed by atoms with Crippen LogP contribution < -0.4 is 5.69 Å². The number of aromatic amines is 2. The van der Waals surface area contributed by atoms with Gasteiger partial charge in [-0.25, -0.2) is 9.79 Å². The molecule has 0 aliphatic carbocycles. The van der Waals surface area contributed by atoms with Crippen molar-refractivity contribution in [1.82, 2.24) is 9.97 Å². The van der Waals surface area contributed by atoms with Gasteiger partial charge in [-0.15, -0.1) is 0 Å². The first-order valence-corrected chi connectivity index (χ1v) is 4.36. The molecule has 0 spiro atoms. The molecule has 2 rings (SSSR count). The highest BCUT2D eigenvalue weighted by Gasteiger charge is 2.01. The standard InChI is InChI=1S/C10H9N3O2/c14-9-8(12-10(15)13-9)11-6-7-4-2-1-3-5-7/h1-6,14H,(H2,12,13,15). The lowest BCUT2D eigenvalue weighted by atomic mass is 10.2. The van der Waals surface area contributed by atoms with E-state index in [-0.39, 0.29) is 11.7 Å². The number of aliphatic imine (C=N–C) groups is 1. The molecule has 15 heavy (non-hydrogen) atoms. The zero-order valence-corrected chi connectivity index (χ0v) is 7.77. The summed E-state index contributed by atoms with van der Waals surface area (Å²) >= 11 is 0. The molecule has 0 fully saturated rings. The minimum Gasteiger partial charge on any atom is -0.492 e. The van der Waals surface area contributed by atoms with Crippen LogP contribution in [0.4, 0.5) is 5.82 Å². The Morgan fingerprint density at radius 3 is 2.53 bits per heavy atom. The molecule has 5 nitrogen and oxygen atoms in total. The molecule has 5 heteroatoms. The van der Waals surface area contributed by atoms with E-state index in [1.807, 2.05) is 30.3 Å². The number of H-pyrrole nitrogens is 2. The SMILES string of the molecule is O=c1[nH]c(O)c(N=Cc2ccccc2)[nH]1. The molecule has 0 saturated heterocycles. The molecule has 0 aliphatic heterocycles. The number of nitrogens with zero attached hydrogens (tertiary/aromatic N) is 1. The van der Waals surface area contributed by atoms with E-state index in [9.17, 15) is 9.90 Å². The summed E-state index contributed by atoms with van der Waals surface area (Å²) in [6.45, 7) is 0. The molecule has 1 heterocycles. The third-order valence-electron chi connectivity index (χ3n) is 1.83. The predicted octanol–water partition coefficient (Wildman–Crippen LogP) is 1.16. The van der Waals surface area contributed by atoms with Crippen LogP contribution in [0.5, 0.6) is 5.88 Å². The number of hydrogen-bond acceptors (Lipinski definition) is 3. The molecule has 0 radical (unpaired) electrons.